The molecule has 0 bridgehead atoms. The maximum Gasteiger partial charge on any atom is -0.0318 e. The molecule has 0 heteroatoms. The van der Waals surface area contributed by atoms with Crippen molar-refractivity contribution in [2.45, 2.75) is 46.0 Å². The average Bonchev–Trinajstić information content (AvgIpc) is 2.88. The van der Waals surface area contributed by atoms with Gasteiger partial charge in [-0.15, -0.1) is 0 Å². The number of hydrogen-bond acceptors (Lipinski definition) is 0. The first-order valence-corrected chi connectivity index (χ1v) is 7.35. The Morgan fingerprint density at radius 3 is 2.33 bits per heavy atom. The summed E-state index contributed by atoms with van der Waals surface area (Å²) in [6.45, 7) is 4.82. The van der Waals surface area contributed by atoms with Crippen molar-refractivity contribution in [1.29, 1.82) is 0 Å². The van der Waals surface area contributed by atoms with Gasteiger partial charge >= 0.3 is 0 Å². The summed E-state index contributed by atoms with van der Waals surface area (Å²) in [6, 6.07) is 0. The lowest BCUT2D eigenvalue weighted by atomic mass is 9.56. The smallest absolute Gasteiger partial charge is 0.0318 e. The van der Waals surface area contributed by atoms with Gasteiger partial charge in [-0.25, -0.2) is 0 Å². The molecule has 0 aromatic carbocycles. The van der Waals surface area contributed by atoms with Crippen LogP contribution < -0.4 is 0 Å². The molecule has 0 N–H and O–H groups in total. The molecule has 0 radical (unpaired) electrons. The third kappa shape index (κ3) is 0.953. The maximum atomic E-state index is 2.41. The zero-order valence-electron chi connectivity index (χ0n) is 10.2. The van der Waals surface area contributed by atoms with Gasteiger partial charge in [0.15, 0.2) is 0 Å². The molecule has 0 aromatic rings. The van der Waals surface area contributed by atoms with Gasteiger partial charge in [-0.1, -0.05) is 26.7 Å². The summed E-state index contributed by atoms with van der Waals surface area (Å²) in [5.74, 6) is 9.57. The molecular weight excluding hydrogens is 180 g/mol. The van der Waals surface area contributed by atoms with E-state index in [9.17, 15) is 0 Å². The molecule has 0 aromatic heterocycles. The Hall–Kier alpha value is 0. The normalized spacial score (nSPS) is 59.0. The molecule has 0 spiro atoms. The first kappa shape index (κ1) is 9.07. The van der Waals surface area contributed by atoms with Crippen molar-refractivity contribution in [3.05, 3.63) is 0 Å². The largest absolute Gasteiger partial charge is 0.0651 e. The summed E-state index contributed by atoms with van der Waals surface area (Å²) in [7, 11) is 0. The second-order valence-electron chi connectivity index (χ2n) is 6.85. The van der Waals surface area contributed by atoms with Gasteiger partial charge < -0.3 is 0 Å². The third-order valence-corrected chi connectivity index (χ3v) is 6.72. The van der Waals surface area contributed by atoms with Gasteiger partial charge in [-0.3, -0.25) is 0 Å². The quantitative estimate of drug-likeness (QED) is 0.653. The van der Waals surface area contributed by atoms with Gasteiger partial charge in [0.05, 0.1) is 0 Å². The van der Waals surface area contributed by atoms with E-state index < -0.39 is 0 Å². The Balaban J connectivity index is 1.52. The second kappa shape index (κ2) is 2.81. The molecule has 0 aliphatic heterocycles. The van der Waals surface area contributed by atoms with Gasteiger partial charge in [0, 0.05) is 0 Å². The summed E-state index contributed by atoms with van der Waals surface area (Å²) >= 11 is 0. The summed E-state index contributed by atoms with van der Waals surface area (Å²) in [4.78, 5) is 0. The van der Waals surface area contributed by atoms with Gasteiger partial charge in [0.25, 0.3) is 0 Å². The van der Waals surface area contributed by atoms with Gasteiger partial charge in [0.2, 0.25) is 0 Å². The highest BCUT2D eigenvalue weighted by Gasteiger charge is 2.71. The van der Waals surface area contributed by atoms with Crippen LogP contribution in [0.15, 0.2) is 0 Å². The first-order valence-electron chi connectivity index (χ1n) is 7.35. The highest BCUT2D eigenvalue weighted by molar-refractivity contribution is 5.19. The van der Waals surface area contributed by atoms with Crippen LogP contribution in [0.2, 0.25) is 0 Å². The monoisotopic (exact) mass is 204 g/mol. The fourth-order valence-electron chi connectivity index (χ4n) is 5.95. The molecule has 4 saturated carbocycles. The van der Waals surface area contributed by atoms with E-state index in [-0.39, 0.29) is 0 Å². The molecule has 15 heavy (non-hydrogen) atoms. The fourth-order valence-corrected chi connectivity index (χ4v) is 5.95. The highest BCUT2D eigenvalue weighted by atomic mass is 14.8. The summed E-state index contributed by atoms with van der Waals surface area (Å²) in [6.07, 6.45) is 7.77. The van der Waals surface area contributed by atoms with Crippen molar-refractivity contribution in [2.75, 3.05) is 0 Å². The molecule has 7 atom stereocenters. The van der Waals surface area contributed by atoms with E-state index in [1.807, 2.05) is 0 Å². The molecule has 0 heterocycles. The summed E-state index contributed by atoms with van der Waals surface area (Å²) in [5.41, 5.74) is 0. The van der Waals surface area contributed by atoms with Crippen LogP contribution >= 0.6 is 0 Å². The summed E-state index contributed by atoms with van der Waals surface area (Å²) < 4.78 is 0. The topological polar surface area (TPSA) is 0 Å². The molecular formula is C15H24. The lowest BCUT2D eigenvalue weighted by Crippen LogP contribution is -2.43. The Morgan fingerprint density at radius 1 is 0.867 bits per heavy atom. The van der Waals surface area contributed by atoms with Crippen LogP contribution in [0.3, 0.4) is 0 Å². The lowest BCUT2D eigenvalue weighted by molar-refractivity contribution is -0.00784. The Kier molecular flexibility index (Phi) is 1.70. The standard InChI is InChI=1S/C15H24/c1-3-8(4-2)10-5-9-6-12-11-7-13(11)15(12)14(9)10/h8-15H,3-7H2,1-2H3. The minimum atomic E-state index is 1.07. The Labute approximate surface area is 93.8 Å². The van der Waals surface area contributed by atoms with Crippen LogP contribution in [0.4, 0.5) is 0 Å². The van der Waals surface area contributed by atoms with Crippen molar-refractivity contribution in [3.8, 4) is 0 Å². The van der Waals surface area contributed by atoms with Crippen LogP contribution in [0.5, 0.6) is 0 Å². The van der Waals surface area contributed by atoms with E-state index in [4.69, 9.17) is 0 Å². The first-order chi connectivity index (χ1) is 7.35. The van der Waals surface area contributed by atoms with E-state index in [2.05, 4.69) is 13.8 Å². The molecule has 0 saturated heterocycles. The second-order valence-corrected chi connectivity index (χ2v) is 6.85. The van der Waals surface area contributed by atoms with Crippen molar-refractivity contribution >= 4 is 0 Å². The SMILES string of the molecule is CCC(CC)C1CC2CC3C4CC4C3C21. The van der Waals surface area contributed by atoms with Gasteiger partial charge in [-0.05, 0) is 66.6 Å². The number of fused-ring (bicyclic) bond motifs is 6. The number of rotatable bonds is 3. The van der Waals surface area contributed by atoms with Crippen LogP contribution in [0, 0.1) is 47.3 Å². The van der Waals surface area contributed by atoms with E-state index in [0.717, 1.165) is 11.8 Å². The summed E-state index contributed by atoms with van der Waals surface area (Å²) in [5, 5.41) is 0. The molecule has 7 unspecified atom stereocenters. The fraction of sp³-hybridized carbons (Fsp3) is 1.00. The molecule has 0 amide bonds. The number of hydrogen-bond donors (Lipinski definition) is 0. The van der Waals surface area contributed by atoms with Crippen LogP contribution in [0.1, 0.15) is 46.0 Å². The lowest BCUT2D eigenvalue weighted by Gasteiger charge is -2.49. The van der Waals surface area contributed by atoms with E-state index in [1.165, 1.54) is 48.3 Å². The molecule has 4 rings (SSSR count). The molecule has 4 aliphatic rings. The predicted octanol–water partition coefficient (Wildman–Crippen LogP) is 3.96. The third-order valence-electron chi connectivity index (χ3n) is 6.72. The van der Waals surface area contributed by atoms with E-state index in [0.29, 0.717) is 0 Å². The van der Waals surface area contributed by atoms with Crippen LogP contribution in [-0.4, -0.2) is 0 Å². The minimum absolute atomic E-state index is 1.07. The van der Waals surface area contributed by atoms with Crippen molar-refractivity contribution in [2.24, 2.45) is 47.3 Å². The molecule has 4 fully saturated rings. The Bertz CT molecular complexity index is 278. The zero-order chi connectivity index (χ0) is 10.2. The Morgan fingerprint density at radius 2 is 1.60 bits per heavy atom. The predicted molar refractivity (Wildman–Crippen MR) is 62.4 cm³/mol. The van der Waals surface area contributed by atoms with Crippen molar-refractivity contribution in [3.63, 3.8) is 0 Å². The minimum Gasteiger partial charge on any atom is -0.0651 e. The highest BCUT2D eigenvalue weighted by Crippen LogP contribution is 2.77. The van der Waals surface area contributed by atoms with Gasteiger partial charge in [0.1, 0.15) is 0 Å². The van der Waals surface area contributed by atoms with Crippen molar-refractivity contribution < 1.29 is 0 Å². The molecule has 4 aliphatic carbocycles. The zero-order valence-corrected chi connectivity index (χ0v) is 10.2. The van der Waals surface area contributed by atoms with Crippen LogP contribution in [0.25, 0.3) is 0 Å². The molecule has 84 valence electrons. The van der Waals surface area contributed by atoms with Crippen molar-refractivity contribution in [1.82, 2.24) is 0 Å². The van der Waals surface area contributed by atoms with Crippen LogP contribution in [-0.2, 0) is 0 Å². The van der Waals surface area contributed by atoms with E-state index >= 15 is 0 Å². The molecule has 0 nitrogen and oxygen atoms in total. The average molecular weight is 204 g/mol. The van der Waals surface area contributed by atoms with E-state index in [1.54, 1.807) is 19.3 Å². The maximum absolute atomic E-state index is 2.41. The van der Waals surface area contributed by atoms with Gasteiger partial charge in [-0.2, -0.15) is 0 Å².